The smallest absolute Gasteiger partial charge is 0.269 e. The quantitative estimate of drug-likeness (QED) is 0.690. The number of rotatable bonds is 3. The fourth-order valence-corrected chi connectivity index (χ4v) is 2.92. The zero-order chi connectivity index (χ0) is 16.6. The van der Waals surface area contributed by atoms with E-state index in [0.29, 0.717) is 16.3 Å². The summed E-state index contributed by atoms with van der Waals surface area (Å²) in [6.45, 7) is 3.81. The van der Waals surface area contributed by atoms with Gasteiger partial charge in [0.05, 0.1) is 5.02 Å². The van der Waals surface area contributed by atoms with E-state index in [4.69, 9.17) is 11.6 Å². The number of para-hydroxylation sites is 1. The van der Waals surface area contributed by atoms with Crippen LogP contribution < -0.4 is 10.9 Å². The average Bonchev–Trinajstić information content (AvgIpc) is 2.84. The van der Waals surface area contributed by atoms with E-state index >= 15 is 0 Å². The first-order valence-corrected chi connectivity index (χ1v) is 7.59. The van der Waals surface area contributed by atoms with Crippen LogP contribution in [0.4, 0.5) is 0 Å². The Labute approximate surface area is 137 Å². The van der Waals surface area contributed by atoms with Crippen LogP contribution in [-0.2, 0) is 6.54 Å². The largest absolute Gasteiger partial charge is 0.349 e. The third kappa shape index (κ3) is 2.87. The number of benzene rings is 1. The lowest BCUT2D eigenvalue weighted by atomic mass is 10.1. The number of nitrogens with one attached hydrogen (secondary N) is 3. The van der Waals surface area contributed by atoms with Crippen molar-refractivity contribution >= 4 is 28.4 Å². The van der Waals surface area contributed by atoms with Gasteiger partial charge in [-0.1, -0.05) is 29.8 Å². The van der Waals surface area contributed by atoms with Crippen LogP contribution in [0.5, 0.6) is 0 Å². The summed E-state index contributed by atoms with van der Waals surface area (Å²) in [5, 5.41) is 3.92. The number of hydrogen-bond acceptors (Lipinski definition) is 2. The number of hydrogen-bond donors (Lipinski definition) is 3. The molecular formula is C17H16ClN3O2. The molecule has 0 aliphatic heterocycles. The second kappa shape index (κ2) is 5.93. The van der Waals surface area contributed by atoms with Gasteiger partial charge in [-0.3, -0.25) is 9.59 Å². The van der Waals surface area contributed by atoms with Crippen molar-refractivity contribution in [1.82, 2.24) is 15.3 Å². The van der Waals surface area contributed by atoms with Crippen LogP contribution in [0.15, 0.2) is 35.1 Å². The summed E-state index contributed by atoms with van der Waals surface area (Å²) in [5.74, 6) is -0.342. The molecule has 0 saturated carbocycles. The van der Waals surface area contributed by atoms with Gasteiger partial charge in [0.2, 0.25) is 0 Å². The van der Waals surface area contributed by atoms with E-state index in [2.05, 4.69) is 15.3 Å². The molecule has 0 fully saturated rings. The first-order chi connectivity index (χ1) is 11.0. The normalized spacial score (nSPS) is 10.9. The second-order valence-electron chi connectivity index (χ2n) is 5.49. The Kier molecular flexibility index (Phi) is 3.96. The van der Waals surface area contributed by atoms with Crippen molar-refractivity contribution in [3.05, 3.63) is 68.2 Å². The maximum Gasteiger partial charge on any atom is 0.269 e. The highest BCUT2D eigenvalue weighted by Crippen LogP contribution is 2.27. The van der Waals surface area contributed by atoms with E-state index < -0.39 is 0 Å². The molecule has 0 aliphatic carbocycles. The maximum absolute atomic E-state index is 12.4. The Morgan fingerprint density at radius 2 is 1.96 bits per heavy atom. The van der Waals surface area contributed by atoms with E-state index in [1.807, 2.05) is 44.2 Å². The van der Waals surface area contributed by atoms with Crippen LogP contribution in [0, 0.1) is 13.8 Å². The van der Waals surface area contributed by atoms with E-state index in [9.17, 15) is 9.59 Å². The number of halogens is 1. The van der Waals surface area contributed by atoms with Crippen molar-refractivity contribution in [2.75, 3.05) is 0 Å². The summed E-state index contributed by atoms with van der Waals surface area (Å²) in [4.78, 5) is 30.1. The average molecular weight is 330 g/mol. The van der Waals surface area contributed by atoms with Crippen molar-refractivity contribution in [2.45, 2.75) is 20.4 Å². The van der Waals surface area contributed by atoms with E-state index in [0.717, 1.165) is 22.2 Å². The monoisotopic (exact) mass is 329 g/mol. The summed E-state index contributed by atoms with van der Waals surface area (Å²) in [5.41, 5.74) is 3.08. The summed E-state index contributed by atoms with van der Waals surface area (Å²) in [6, 6.07) is 9.30. The van der Waals surface area contributed by atoms with Gasteiger partial charge in [-0.05, 0) is 31.5 Å². The Balaban J connectivity index is 1.85. The molecule has 0 radical (unpaired) electrons. The van der Waals surface area contributed by atoms with Gasteiger partial charge in [0.15, 0.2) is 0 Å². The number of fused-ring (bicyclic) bond motifs is 1. The second-order valence-corrected chi connectivity index (χ2v) is 5.86. The molecule has 3 N–H and O–H groups in total. The van der Waals surface area contributed by atoms with Crippen molar-refractivity contribution in [1.29, 1.82) is 0 Å². The molecule has 1 amide bonds. The molecule has 2 aromatic heterocycles. The topological polar surface area (TPSA) is 77.8 Å². The fourth-order valence-electron chi connectivity index (χ4n) is 2.62. The van der Waals surface area contributed by atoms with Gasteiger partial charge in [0.25, 0.3) is 11.5 Å². The molecule has 0 aliphatic rings. The molecule has 1 aromatic carbocycles. The number of aromatic amines is 2. The Hall–Kier alpha value is -2.53. The highest BCUT2D eigenvalue weighted by molar-refractivity contribution is 6.38. The SMILES string of the molecule is Cc1cc(C)c(CNC(=O)c2[nH]c3ccccc3c2Cl)c(=O)[nH]1. The molecule has 2 heterocycles. The van der Waals surface area contributed by atoms with Gasteiger partial charge in [-0.2, -0.15) is 0 Å². The highest BCUT2D eigenvalue weighted by Gasteiger charge is 2.16. The number of pyridine rings is 1. The van der Waals surface area contributed by atoms with Crippen molar-refractivity contribution in [2.24, 2.45) is 0 Å². The highest BCUT2D eigenvalue weighted by atomic mass is 35.5. The minimum absolute atomic E-state index is 0.145. The van der Waals surface area contributed by atoms with E-state index in [-0.39, 0.29) is 18.0 Å². The van der Waals surface area contributed by atoms with Gasteiger partial charge < -0.3 is 15.3 Å². The summed E-state index contributed by atoms with van der Waals surface area (Å²) >= 11 is 6.26. The molecule has 0 unspecified atom stereocenters. The predicted octanol–water partition coefficient (Wildman–Crippen LogP) is 3.06. The molecular weight excluding hydrogens is 314 g/mol. The van der Waals surface area contributed by atoms with Crippen molar-refractivity contribution in [3.63, 3.8) is 0 Å². The fraction of sp³-hybridized carbons (Fsp3) is 0.176. The lowest BCUT2D eigenvalue weighted by Crippen LogP contribution is -2.28. The van der Waals surface area contributed by atoms with Crippen LogP contribution in [-0.4, -0.2) is 15.9 Å². The van der Waals surface area contributed by atoms with Gasteiger partial charge in [0.1, 0.15) is 5.69 Å². The first-order valence-electron chi connectivity index (χ1n) is 7.21. The summed E-state index contributed by atoms with van der Waals surface area (Å²) in [6.07, 6.45) is 0. The Bertz CT molecular complexity index is 956. The molecule has 0 saturated heterocycles. The number of aryl methyl sites for hydroxylation is 2. The lowest BCUT2D eigenvalue weighted by molar-refractivity contribution is 0.0947. The molecule has 0 atom stereocenters. The summed E-state index contributed by atoms with van der Waals surface area (Å²) < 4.78 is 0. The molecule has 5 nitrogen and oxygen atoms in total. The van der Waals surface area contributed by atoms with Crippen LogP contribution in [0.1, 0.15) is 27.3 Å². The van der Waals surface area contributed by atoms with Gasteiger partial charge >= 0.3 is 0 Å². The summed E-state index contributed by atoms with van der Waals surface area (Å²) in [7, 11) is 0. The van der Waals surface area contributed by atoms with Crippen molar-refractivity contribution < 1.29 is 4.79 Å². The number of carbonyl (C=O) groups excluding carboxylic acids is 1. The maximum atomic E-state index is 12.4. The zero-order valence-electron chi connectivity index (χ0n) is 12.8. The molecule has 0 bridgehead atoms. The first kappa shape index (κ1) is 15.4. The van der Waals surface area contributed by atoms with Crippen LogP contribution in [0.2, 0.25) is 5.02 Å². The molecule has 0 spiro atoms. The predicted molar refractivity (Wildman–Crippen MR) is 91.0 cm³/mol. The zero-order valence-corrected chi connectivity index (χ0v) is 13.5. The Morgan fingerprint density at radius 1 is 1.22 bits per heavy atom. The number of amides is 1. The molecule has 3 rings (SSSR count). The number of carbonyl (C=O) groups is 1. The minimum Gasteiger partial charge on any atom is -0.349 e. The Morgan fingerprint density at radius 3 is 2.65 bits per heavy atom. The minimum atomic E-state index is -0.342. The molecule has 3 aromatic rings. The molecule has 118 valence electrons. The van der Waals surface area contributed by atoms with Crippen LogP contribution in [0.25, 0.3) is 10.9 Å². The van der Waals surface area contributed by atoms with Gasteiger partial charge in [-0.25, -0.2) is 0 Å². The van der Waals surface area contributed by atoms with Gasteiger partial charge in [-0.15, -0.1) is 0 Å². The third-order valence-electron chi connectivity index (χ3n) is 3.79. The molecule has 23 heavy (non-hydrogen) atoms. The van der Waals surface area contributed by atoms with E-state index in [1.54, 1.807) is 0 Å². The van der Waals surface area contributed by atoms with Gasteiger partial charge in [0, 0.05) is 28.7 Å². The lowest BCUT2D eigenvalue weighted by Gasteiger charge is -2.07. The molecule has 6 heteroatoms. The third-order valence-corrected chi connectivity index (χ3v) is 4.18. The van der Waals surface area contributed by atoms with Crippen LogP contribution in [0.3, 0.4) is 0 Å². The number of H-pyrrole nitrogens is 2. The van der Waals surface area contributed by atoms with E-state index in [1.165, 1.54) is 0 Å². The van der Waals surface area contributed by atoms with Crippen LogP contribution >= 0.6 is 11.6 Å². The van der Waals surface area contributed by atoms with Crippen molar-refractivity contribution in [3.8, 4) is 0 Å². The standard InChI is InChI=1S/C17H16ClN3O2/c1-9-7-10(2)20-16(22)12(9)8-19-17(23)15-14(18)11-5-3-4-6-13(11)21-15/h3-7,21H,8H2,1-2H3,(H,19,23)(H,20,22). The number of aromatic nitrogens is 2.